The van der Waals surface area contributed by atoms with Crippen molar-refractivity contribution in [1.29, 1.82) is 0 Å². The number of nitrogens with zero attached hydrogens (tertiary/aromatic N) is 1. The first kappa shape index (κ1) is 17.1. The van der Waals surface area contributed by atoms with E-state index < -0.39 is 11.6 Å². The van der Waals surface area contributed by atoms with Crippen LogP contribution in [0.15, 0.2) is 48.5 Å². The van der Waals surface area contributed by atoms with Gasteiger partial charge >= 0.3 is 0 Å². The Kier molecular flexibility index (Phi) is 5.59. The van der Waals surface area contributed by atoms with Crippen molar-refractivity contribution in [1.82, 2.24) is 4.90 Å². The monoisotopic (exact) mass is 331 g/mol. The Hall–Kier alpha value is -1.78. The van der Waals surface area contributed by atoms with Crippen molar-refractivity contribution in [2.45, 2.75) is 25.3 Å². The molecule has 24 heavy (non-hydrogen) atoms. The van der Waals surface area contributed by atoms with E-state index in [1.165, 1.54) is 17.7 Å². The second-order valence-electron chi connectivity index (χ2n) is 6.56. The maximum atomic E-state index is 13.7. The van der Waals surface area contributed by atoms with Crippen LogP contribution in [0.5, 0.6) is 0 Å². The molecule has 0 aliphatic carbocycles. The smallest absolute Gasteiger partial charge is 0.159 e. The summed E-state index contributed by atoms with van der Waals surface area (Å²) in [6, 6.07) is 14.5. The molecule has 128 valence electrons. The molecule has 2 aromatic rings. The highest BCUT2D eigenvalue weighted by Gasteiger charge is 2.30. The van der Waals surface area contributed by atoms with Crippen LogP contribution in [-0.2, 0) is 6.54 Å². The summed E-state index contributed by atoms with van der Waals surface area (Å²) in [4.78, 5) is 2.36. The van der Waals surface area contributed by atoms with E-state index in [-0.39, 0.29) is 12.5 Å². The Balaban J connectivity index is 1.77. The topological polar surface area (TPSA) is 23.5 Å². The van der Waals surface area contributed by atoms with E-state index in [1.807, 2.05) is 18.2 Å². The second kappa shape index (κ2) is 7.86. The summed E-state index contributed by atoms with van der Waals surface area (Å²) in [5, 5.41) is 9.34. The van der Waals surface area contributed by atoms with E-state index in [9.17, 15) is 13.9 Å². The van der Waals surface area contributed by atoms with Gasteiger partial charge in [-0.3, -0.25) is 4.90 Å². The minimum atomic E-state index is -0.811. The van der Waals surface area contributed by atoms with Crippen molar-refractivity contribution in [3.63, 3.8) is 0 Å². The molecule has 0 spiro atoms. The van der Waals surface area contributed by atoms with E-state index in [0.29, 0.717) is 12.3 Å². The molecule has 2 aromatic carbocycles. The molecule has 1 aliphatic heterocycles. The number of rotatable bonds is 5. The molecule has 1 aliphatic rings. The SMILES string of the molecule is OCCC1CCN(Cc2ccccc2)C[C@@H]1c1ccc(F)c(F)c1. The van der Waals surface area contributed by atoms with Crippen LogP contribution in [0.4, 0.5) is 8.78 Å². The molecule has 2 atom stereocenters. The Morgan fingerprint density at radius 1 is 1.04 bits per heavy atom. The maximum absolute atomic E-state index is 13.7. The standard InChI is InChI=1S/C20H23F2NO/c21-19-7-6-17(12-20(19)22)18-14-23(10-8-16(18)9-11-24)13-15-4-2-1-3-5-15/h1-7,12,16,18,24H,8-11,13-14H2/t16?,18-/m0/s1. The fourth-order valence-electron chi connectivity index (χ4n) is 3.69. The van der Waals surface area contributed by atoms with E-state index >= 15 is 0 Å². The van der Waals surface area contributed by atoms with Crippen LogP contribution in [-0.4, -0.2) is 29.7 Å². The fourth-order valence-corrected chi connectivity index (χ4v) is 3.69. The van der Waals surface area contributed by atoms with Crippen molar-refractivity contribution in [3.8, 4) is 0 Å². The molecule has 1 unspecified atom stereocenters. The number of piperidine rings is 1. The summed E-state index contributed by atoms with van der Waals surface area (Å²) in [5.41, 5.74) is 2.08. The minimum Gasteiger partial charge on any atom is -0.396 e. The molecule has 1 saturated heterocycles. The first-order valence-electron chi connectivity index (χ1n) is 8.49. The van der Waals surface area contributed by atoms with E-state index in [0.717, 1.165) is 31.6 Å². The van der Waals surface area contributed by atoms with Gasteiger partial charge in [0.1, 0.15) is 0 Å². The predicted octanol–water partition coefficient (Wildman–Crippen LogP) is 3.95. The minimum absolute atomic E-state index is 0.115. The number of likely N-dealkylation sites (tertiary alicyclic amines) is 1. The highest BCUT2D eigenvalue weighted by atomic mass is 19.2. The quantitative estimate of drug-likeness (QED) is 0.897. The molecule has 0 bridgehead atoms. The Morgan fingerprint density at radius 3 is 2.54 bits per heavy atom. The average molecular weight is 331 g/mol. The highest BCUT2D eigenvalue weighted by Crippen LogP contribution is 2.35. The predicted molar refractivity (Wildman–Crippen MR) is 90.6 cm³/mol. The summed E-state index contributed by atoms with van der Waals surface area (Å²) in [6.07, 6.45) is 1.65. The number of hydrogen-bond acceptors (Lipinski definition) is 2. The third kappa shape index (κ3) is 4.00. The van der Waals surface area contributed by atoms with Gasteiger partial charge in [0.25, 0.3) is 0 Å². The first-order chi connectivity index (χ1) is 11.7. The van der Waals surface area contributed by atoms with Crippen molar-refractivity contribution in [3.05, 3.63) is 71.3 Å². The van der Waals surface area contributed by atoms with Crippen LogP contribution in [0.2, 0.25) is 0 Å². The molecule has 0 saturated carbocycles. The molecular formula is C20H23F2NO. The lowest BCUT2D eigenvalue weighted by atomic mass is 9.79. The first-order valence-corrected chi connectivity index (χ1v) is 8.49. The number of aliphatic hydroxyl groups is 1. The van der Waals surface area contributed by atoms with Crippen molar-refractivity contribution in [2.75, 3.05) is 19.7 Å². The van der Waals surface area contributed by atoms with E-state index in [2.05, 4.69) is 17.0 Å². The number of halogens is 2. The van der Waals surface area contributed by atoms with Gasteiger partial charge in [0.05, 0.1) is 0 Å². The lowest BCUT2D eigenvalue weighted by Gasteiger charge is -2.39. The van der Waals surface area contributed by atoms with Gasteiger partial charge in [-0.05, 0) is 54.5 Å². The van der Waals surface area contributed by atoms with Crippen LogP contribution >= 0.6 is 0 Å². The van der Waals surface area contributed by atoms with Gasteiger partial charge in [-0.2, -0.15) is 0 Å². The van der Waals surface area contributed by atoms with Gasteiger partial charge < -0.3 is 5.11 Å². The van der Waals surface area contributed by atoms with Crippen LogP contribution < -0.4 is 0 Å². The van der Waals surface area contributed by atoms with Crippen molar-refractivity contribution in [2.24, 2.45) is 5.92 Å². The fraction of sp³-hybridized carbons (Fsp3) is 0.400. The number of aliphatic hydroxyl groups excluding tert-OH is 1. The summed E-state index contributed by atoms with van der Waals surface area (Å²) < 4.78 is 26.9. The third-order valence-electron chi connectivity index (χ3n) is 4.96. The zero-order chi connectivity index (χ0) is 16.9. The normalized spacial score (nSPS) is 21.8. The summed E-state index contributed by atoms with van der Waals surface area (Å²) >= 11 is 0. The Labute approximate surface area is 141 Å². The highest BCUT2D eigenvalue weighted by molar-refractivity contribution is 5.24. The summed E-state index contributed by atoms with van der Waals surface area (Å²) in [5.74, 6) is -1.19. The lowest BCUT2D eigenvalue weighted by Crippen LogP contribution is -2.39. The Bertz CT molecular complexity index is 662. The van der Waals surface area contributed by atoms with Gasteiger partial charge in [0.2, 0.25) is 0 Å². The van der Waals surface area contributed by atoms with E-state index in [1.54, 1.807) is 6.07 Å². The Morgan fingerprint density at radius 2 is 1.83 bits per heavy atom. The zero-order valence-corrected chi connectivity index (χ0v) is 13.7. The molecule has 0 radical (unpaired) electrons. The number of hydrogen-bond donors (Lipinski definition) is 1. The van der Waals surface area contributed by atoms with Crippen molar-refractivity contribution >= 4 is 0 Å². The average Bonchev–Trinajstić information content (AvgIpc) is 2.60. The third-order valence-corrected chi connectivity index (χ3v) is 4.96. The molecule has 1 N–H and O–H groups in total. The second-order valence-corrected chi connectivity index (χ2v) is 6.56. The zero-order valence-electron chi connectivity index (χ0n) is 13.7. The van der Waals surface area contributed by atoms with Gasteiger partial charge in [-0.15, -0.1) is 0 Å². The van der Waals surface area contributed by atoms with E-state index in [4.69, 9.17) is 0 Å². The van der Waals surface area contributed by atoms with Gasteiger partial charge in [-0.25, -0.2) is 8.78 Å². The van der Waals surface area contributed by atoms with Crippen molar-refractivity contribution < 1.29 is 13.9 Å². The summed E-state index contributed by atoms with van der Waals surface area (Å²) in [6.45, 7) is 2.74. The molecule has 0 aromatic heterocycles. The lowest BCUT2D eigenvalue weighted by molar-refractivity contribution is 0.130. The molecule has 2 nitrogen and oxygen atoms in total. The largest absolute Gasteiger partial charge is 0.396 e. The molecule has 4 heteroatoms. The van der Waals surface area contributed by atoms with Crippen LogP contribution in [0, 0.1) is 17.6 Å². The molecule has 1 fully saturated rings. The van der Waals surface area contributed by atoms with Crippen LogP contribution in [0.1, 0.15) is 29.9 Å². The van der Waals surface area contributed by atoms with Crippen LogP contribution in [0.25, 0.3) is 0 Å². The molecular weight excluding hydrogens is 308 g/mol. The van der Waals surface area contributed by atoms with Crippen LogP contribution in [0.3, 0.4) is 0 Å². The molecule has 3 rings (SSSR count). The molecule has 0 amide bonds. The number of benzene rings is 2. The van der Waals surface area contributed by atoms with Gasteiger partial charge in [0.15, 0.2) is 11.6 Å². The van der Waals surface area contributed by atoms with Gasteiger partial charge in [-0.1, -0.05) is 36.4 Å². The van der Waals surface area contributed by atoms with Gasteiger partial charge in [0, 0.05) is 19.7 Å². The maximum Gasteiger partial charge on any atom is 0.159 e. The summed E-state index contributed by atoms with van der Waals surface area (Å²) in [7, 11) is 0. The molecule has 1 heterocycles.